The first-order valence-corrected chi connectivity index (χ1v) is 9.76. The highest BCUT2D eigenvalue weighted by Gasteiger charge is 2.43. The number of fused-ring (bicyclic) bond motifs is 3. The first kappa shape index (κ1) is 17.7. The van der Waals surface area contributed by atoms with E-state index < -0.39 is 6.09 Å². The molecule has 2 saturated heterocycles. The summed E-state index contributed by atoms with van der Waals surface area (Å²) in [5, 5.41) is 24.0. The van der Waals surface area contributed by atoms with Crippen molar-refractivity contribution in [1.29, 1.82) is 0 Å². The first-order chi connectivity index (χ1) is 14.1. The van der Waals surface area contributed by atoms with Crippen LogP contribution in [0.2, 0.25) is 0 Å². The number of carboxylic acid groups (broad SMARTS) is 1. The van der Waals surface area contributed by atoms with Crippen molar-refractivity contribution in [3.8, 4) is 0 Å². The number of rotatable bonds is 4. The summed E-state index contributed by atoms with van der Waals surface area (Å²) in [6.07, 6.45) is 4.23. The van der Waals surface area contributed by atoms with E-state index in [1.807, 2.05) is 25.1 Å². The van der Waals surface area contributed by atoms with Gasteiger partial charge in [-0.15, -0.1) is 0 Å². The second-order valence-electron chi connectivity index (χ2n) is 7.72. The number of H-pyrrole nitrogens is 1. The lowest BCUT2D eigenvalue weighted by molar-refractivity contribution is 0.0993. The van der Waals surface area contributed by atoms with Crippen LogP contribution in [0.15, 0.2) is 24.4 Å². The van der Waals surface area contributed by atoms with E-state index in [1.165, 1.54) is 0 Å². The van der Waals surface area contributed by atoms with Crippen LogP contribution in [0.1, 0.15) is 31.4 Å². The zero-order valence-electron chi connectivity index (χ0n) is 16.0. The zero-order valence-corrected chi connectivity index (χ0v) is 16.0. The van der Waals surface area contributed by atoms with Crippen LogP contribution in [-0.4, -0.2) is 59.4 Å². The predicted octanol–water partition coefficient (Wildman–Crippen LogP) is 2.89. The van der Waals surface area contributed by atoms with Crippen LogP contribution in [0.25, 0.3) is 11.0 Å². The van der Waals surface area contributed by atoms with Crippen LogP contribution in [0.5, 0.6) is 0 Å². The van der Waals surface area contributed by atoms with Gasteiger partial charge in [0.25, 0.3) is 0 Å². The molecule has 5 heterocycles. The SMILES string of the molecule is Cc1cc(Nc2nc(NC3CC4CCC(C3)N4C(=O)O)nc3ncccc23)n[nH]1. The minimum absolute atomic E-state index is 0.0620. The summed E-state index contributed by atoms with van der Waals surface area (Å²) < 4.78 is 0. The third-order valence-corrected chi connectivity index (χ3v) is 5.71. The number of pyridine rings is 1. The van der Waals surface area contributed by atoms with Gasteiger partial charge in [0.15, 0.2) is 11.5 Å². The lowest BCUT2D eigenvalue weighted by atomic mass is 9.98. The van der Waals surface area contributed by atoms with Gasteiger partial charge in [-0.3, -0.25) is 5.10 Å². The number of aryl methyl sites for hydroxylation is 1. The van der Waals surface area contributed by atoms with Gasteiger partial charge >= 0.3 is 6.09 Å². The number of aromatic nitrogens is 5. The van der Waals surface area contributed by atoms with E-state index >= 15 is 0 Å². The average Bonchev–Trinajstić information content (AvgIpc) is 3.22. The standard InChI is InChI=1S/C19H22N8O2/c1-10-7-15(26-25-10)22-17-14-3-2-6-20-16(14)23-18(24-17)21-11-8-12-4-5-13(9-11)27(12)19(28)29/h2-3,6-7,11-13H,4-5,8-9H2,1H3,(H,28,29)(H3,20,21,22,23,24,25,26). The molecule has 2 fully saturated rings. The molecule has 29 heavy (non-hydrogen) atoms. The lowest BCUT2D eigenvalue weighted by Gasteiger charge is -2.37. The molecule has 2 aliphatic heterocycles. The minimum Gasteiger partial charge on any atom is -0.465 e. The van der Waals surface area contributed by atoms with Crippen LogP contribution in [0.4, 0.5) is 22.4 Å². The van der Waals surface area contributed by atoms with Gasteiger partial charge in [-0.05, 0) is 44.7 Å². The zero-order chi connectivity index (χ0) is 20.0. The Hall–Kier alpha value is -3.43. The van der Waals surface area contributed by atoms with E-state index in [9.17, 15) is 9.90 Å². The molecule has 5 rings (SSSR count). The third kappa shape index (κ3) is 3.30. The van der Waals surface area contributed by atoms with Gasteiger partial charge < -0.3 is 20.6 Å². The molecule has 0 spiro atoms. The normalized spacial score (nSPS) is 23.3. The average molecular weight is 394 g/mol. The minimum atomic E-state index is -0.817. The quantitative estimate of drug-likeness (QED) is 0.531. The Balaban J connectivity index is 1.41. The molecule has 2 bridgehead atoms. The lowest BCUT2D eigenvalue weighted by Crippen LogP contribution is -2.49. The van der Waals surface area contributed by atoms with Crippen LogP contribution >= 0.6 is 0 Å². The summed E-state index contributed by atoms with van der Waals surface area (Å²) in [6, 6.07) is 5.92. The molecule has 0 aliphatic carbocycles. The Kier molecular flexibility index (Phi) is 4.18. The fraction of sp³-hybridized carbons (Fsp3) is 0.421. The van der Waals surface area contributed by atoms with Gasteiger partial charge in [0.05, 0.1) is 5.39 Å². The molecule has 2 atom stereocenters. The molecule has 3 aromatic heterocycles. The van der Waals surface area contributed by atoms with Crippen molar-refractivity contribution < 1.29 is 9.90 Å². The summed E-state index contributed by atoms with van der Waals surface area (Å²) in [5.41, 5.74) is 1.54. The van der Waals surface area contributed by atoms with Gasteiger partial charge in [0.2, 0.25) is 5.95 Å². The summed E-state index contributed by atoms with van der Waals surface area (Å²) in [7, 11) is 0. The number of anilines is 3. The molecular weight excluding hydrogens is 372 g/mol. The second-order valence-corrected chi connectivity index (χ2v) is 7.72. The molecule has 0 saturated carbocycles. The maximum atomic E-state index is 11.5. The van der Waals surface area contributed by atoms with Crippen LogP contribution in [0.3, 0.4) is 0 Å². The Labute approximate surface area is 166 Å². The molecule has 10 heteroatoms. The highest BCUT2D eigenvalue weighted by atomic mass is 16.4. The van der Waals surface area contributed by atoms with Crippen molar-refractivity contribution in [2.75, 3.05) is 10.6 Å². The van der Waals surface area contributed by atoms with E-state index in [0.29, 0.717) is 23.2 Å². The summed E-state index contributed by atoms with van der Waals surface area (Å²) in [6.45, 7) is 1.93. The number of amides is 1. The van der Waals surface area contributed by atoms with Gasteiger partial charge in [-0.1, -0.05) is 0 Å². The van der Waals surface area contributed by atoms with Crippen LogP contribution in [-0.2, 0) is 0 Å². The van der Waals surface area contributed by atoms with E-state index in [4.69, 9.17) is 0 Å². The second kappa shape index (κ2) is 6.87. The smallest absolute Gasteiger partial charge is 0.407 e. The maximum absolute atomic E-state index is 11.5. The summed E-state index contributed by atoms with van der Waals surface area (Å²) in [4.78, 5) is 26.7. The number of nitrogens with one attached hydrogen (secondary N) is 3. The summed E-state index contributed by atoms with van der Waals surface area (Å²) >= 11 is 0. The highest BCUT2D eigenvalue weighted by molar-refractivity contribution is 5.89. The van der Waals surface area contributed by atoms with Crippen LogP contribution in [0, 0.1) is 6.92 Å². The van der Waals surface area contributed by atoms with Gasteiger partial charge in [0, 0.05) is 36.1 Å². The monoisotopic (exact) mass is 394 g/mol. The Morgan fingerprint density at radius 3 is 2.76 bits per heavy atom. The number of hydrogen-bond acceptors (Lipinski definition) is 7. The number of aromatic amines is 1. The largest absolute Gasteiger partial charge is 0.465 e. The van der Waals surface area contributed by atoms with Crippen molar-refractivity contribution in [3.63, 3.8) is 0 Å². The molecule has 1 amide bonds. The fourth-order valence-corrected chi connectivity index (χ4v) is 4.52. The Bertz CT molecular complexity index is 1050. The van der Waals surface area contributed by atoms with E-state index in [-0.39, 0.29) is 18.1 Å². The maximum Gasteiger partial charge on any atom is 0.407 e. The molecule has 2 aliphatic rings. The molecular formula is C19H22N8O2. The van der Waals surface area contributed by atoms with E-state index in [1.54, 1.807) is 11.1 Å². The molecule has 2 unspecified atom stereocenters. The van der Waals surface area contributed by atoms with Crippen molar-refractivity contribution in [2.24, 2.45) is 0 Å². The Morgan fingerprint density at radius 1 is 1.28 bits per heavy atom. The van der Waals surface area contributed by atoms with Gasteiger partial charge in [-0.2, -0.15) is 15.1 Å². The van der Waals surface area contributed by atoms with Crippen molar-refractivity contribution >= 4 is 34.7 Å². The molecule has 150 valence electrons. The topological polar surface area (TPSA) is 132 Å². The van der Waals surface area contributed by atoms with Crippen molar-refractivity contribution in [2.45, 2.75) is 50.7 Å². The predicted molar refractivity (Wildman–Crippen MR) is 107 cm³/mol. The molecule has 0 radical (unpaired) electrons. The molecule has 0 aromatic carbocycles. The van der Waals surface area contributed by atoms with Gasteiger partial charge in [0.1, 0.15) is 5.82 Å². The number of piperidine rings is 1. The number of carbonyl (C=O) groups is 1. The third-order valence-electron chi connectivity index (χ3n) is 5.71. The molecule has 4 N–H and O–H groups in total. The Morgan fingerprint density at radius 2 is 2.07 bits per heavy atom. The highest BCUT2D eigenvalue weighted by Crippen LogP contribution is 2.36. The fourth-order valence-electron chi connectivity index (χ4n) is 4.52. The van der Waals surface area contributed by atoms with Crippen LogP contribution < -0.4 is 10.6 Å². The number of nitrogens with zero attached hydrogens (tertiary/aromatic N) is 5. The summed E-state index contributed by atoms with van der Waals surface area (Å²) in [5.74, 6) is 1.78. The first-order valence-electron chi connectivity index (χ1n) is 9.76. The van der Waals surface area contributed by atoms with Crippen molar-refractivity contribution in [1.82, 2.24) is 30.0 Å². The number of hydrogen-bond donors (Lipinski definition) is 4. The molecule has 3 aromatic rings. The van der Waals surface area contributed by atoms with E-state index in [2.05, 4.69) is 35.8 Å². The van der Waals surface area contributed by atoms with Gasteiger partial charge in [-0.25, -0.2) is 9.78 Å². The van der Waals surface area contributed by atoms with Crippen molar-refractivity contribution in [3.05, 3.63) is 30.1 Å². The van der Waals surface area contributed by atoms with E-state index in [0.717, 1.165) is 36.8 Å². The molecule has 10 nitrogen and oxygen atoms in total.